The van der Waals surface area contributed by atoms with Gasteiger partial charge < -0.3 is 5.32 Å². The molecule has 2 N–H and O–H groups in total. The maximum absolute atomic E-state index is 11.3. The molecule has 0 fully saturated rings. The Labute approximate surface area is 81.8 Å². The third-order valence-corrected chi connectivity index (χ3v) is 1.70. The Balaban J connectivity index is 2.37. The van der Waals surface area contributed by atoms with Crippen molar-refractivity contribution in [3.05, 3.63) is 18.5 Å². The minimum absolute atomic E-state index is 0.0396. The van der Waals surface area contributed by atoms with Crippen molar-refractivity contribution in [1.29, 1.82) is 0 Å². The lowest BCUT2D eigenvalue weighted by molar-refractivity contribution is -0.121. The highest BCUT2D eigenvalue weighted by molar-refractivity contribution is 5.76. The van der Waals surface area contributed by atoms with Gasteiger partial charge in [-0.1, -0.05) is 11.3 Å². The van der Waals surface area contributed by atoms with Crippen LogP contribution in [0.3, 0.4) is 0 Å². The average molecular weight is 195 g/mol. The van der Waals surface area contributed by atoms with Crippen LogP contribution >= 0.6 is 0 Å². The van der Waals surface area contributed by atoms with E-state index in [4.69, 9.17) is 0 Å². The van der Waals surface area contributed by atoms with Gasteiger partial charge >= 0.3 is 0 Å². The third-order valence-electron chi connectivity index (χ3n) is 1.70. The van der Waals surface area contributed by atoms with Crippen molar-refractivity contribution in [2.75, 3.05) is 0 Å². The normalized spacial score (nSPS) is 12.1. The number of aromatic amines is 1. The lowest BCUT2D eigenvalue weighted by atomic mass is 10.2. The van der Waals surface area contributed by atoms with Gasteiger partial charge in [-0.05, 0) is 13.3 Å². The smallest absolute Gasteiger partial charge is 0.220 e. The number of carbonyl (C=O) groups excluding carboxylic acids is 1. The van der Waals surface area contributed by atoms with Crippen LogP contribution in [0.25, 0.3) is 0 Å². The fourth-order valence-electron chi connectivity index (χ4n) is 0.964. The van der Waals surface area contributed by atoms with Gasteiger partial charge in [-0.25, -0.2) is 0 Å². The molecule has 1 aromatic rings. The molecule has 0 bridgehead atoms. The molecule has 0 spiro atoms. The summed E-state index contributed by atoms with van der Waals surface area (Å²) in [6.07, 6.45) is 2.81. The minimum Gasteiger partial charge on any atom is -0.346 e. The minimum atomic E-state index is -0.217. The van der Waals surface area contributed by atoms with Crippen LogP contribution < -0.4 is 5.32 Å². The molecule has 1 amide bonds. The van der Waals surface area contributed by atoms with Gasteiger partial charge in [0.1, 0.15) is 0 Å². The van der Waals surface area contributed by atoms with Crippen molar-refractivity contribution >= 4 is 5.91 Å². The van der Waals surface area contributed by atoms with E-state index in [2.05, 4.69) is 32.5 Å². The molecule has 1 heterocycles. The van der Waals surface area contributed by atoms with E-state index >= 15 is 0 Å². The summed E-state index contributed by atoms with van der Waals surface area (Å²) in [4.78, 5) is 11.3. The highest BCUT2D eigenvalue weighted by Gasteiger charge is 2.12. The second kappa shape index (κ2) is 5.11. The largest absolute Gasteiger partial charge is 0.346 e. The van der Waals surface area contributed by atoms with Crippen LogP contribution in [0.4, 0.5) is 0 Å². The van der Waals surface area contributed by atoms with Crippen LogP contribution in [-0.4, -0.2) is 26.5 Å². The van der Waals surface area contributed by atoms with E-state index in [0.29, 0.717) is 18.7 Å². The summed E-state index contributed by atoms with van der Waals surface area (Å²) < 4.78 is 0. The number of hydrogen-bond donors (Lipinski definition) is 2. The Hall–Kier alpha value is -1.72. The van der Waals surface area contributed by atoms with Gasteiger partial charge in [0.25, 0.3) is 0 Å². The molecule has 0 saturated heterocycles. The monoisotopic (exact) mass is 195 g/mol. The lowest BCUT2D eigenvalue weighted by Crippen LogP contribution is -2.26. The number of hydrogen-bond acceptors (Lipinski definition) is 4. The zero-order chi connectivity index (χ0) is 10.4. The number of tetrazole rings is 1. The molecule has 6 nitrogen and oxygen atoms in total. The fourth-order valence-corrected chi connectivity index (χ4v) is 0.964. The number of nitrogens with one attached hydrogen (secondary N) is 2. The Morgan fingerprint density at radius 1 is 1.79 bits per heavy atom. The van der Waals surface area contributed by atoms with Crippen molar-refractivity contribution < 1.29 is 4.79 Å². The van der Waals surface area contributed by atoms with E-state index in [0.717, 1.165) is 0 Å². The molecular weight excluding hydrogens is 182 g/mol. The quantitative estimate of drug-likeness (QED) is 0.664. The highest BCUT2D eigenvalue weighted by atomic mass is 16.1. The topological polar surface area (TPSA) is 83.6 Å². The molecule has 1 rings (SSSR count). The van der Waals surface area contributed by atoms with Crippen molar-refractivity contribution in [2.45, 2.75) is 25.8 Å². The number of rotatable bonds is 5. The molecule has 0 radical (unpaired) electrons. The summed E-state index contributed by atoms with van der Waals surface area (Å²) in [5.74, 6) is 0.444. The Morgan fingerprint density at radius 3 is 3.14 bits per heavy atom. The zero-order valence-electron chi connectivity index (χ0n) is 8.03. The summed E-state index contributed by atoms with van der Waals surface area (Å²) in [6, 6.07) is -0.217. The van der Waals surface area contributed by atoms with Crippen LogP contribution in [0.15, 0.2) is 12.7 Å². The molecule has 6 heteroatoms. The molecule has 1 unspecified atom stereocenters. The van der Waals surface area contributed by atoms with Crippen LogP contribution in [-0.2, 0) is 4.79 Å². The number of amides is 1. The average Bonchev–Trinajstić information content (AvgIpc) is 2.67. The summed E-state index contributed by atoms with van der Waals surface area (Å²) in [5.41, 5.74) is 0. The molecule has 1 aromatic heterocycles. The van der Waals surface area contributed by atoms with Gasteiger partial charge in [-0.15, -0.1) is 16.8 Å². The van der Waals surface area contributed by atoms with Gasteiger partial charge in [0.2, 0.25) is 5.91 Å². The molecule has 0 aliphatic heterocycles. The number of aromatic nitrogens is 4. The Kier molecular flexibility index (Phi) is 3.78. The maximum atomic E-state index is 11.3. The third kappa shape index (κ3) is 2.96. The van der Waals surface area contributed by atoms with Crippen LogP contribution in [0.5, 0.6) is 0 Å². The van der Waals surface area contributed by atoms with Gasteiger partial charge in [-0.3, -0.25) is 4.79 Å². The summed E-state index contributed by atoms with van der Waals surface area (Å²) in [5, 5.41) is 16.0. The number of H-pyrrole nitrogens is 1. The first-order chi connectivity index (χ1) is 6.74. The highest BCUT2D eigenvalue weighted by Crippen LogP contribution is 2.03. The van der Waals surface area contributed by atoms with Crippen molar-refractivity contribution in [2.24, 2.45) is 0 Å². The van der Waals surface area contributed by atoms with Crippen LogP contribution in [0.1, 0.15) is 31.6 Å². The summed E-state index contributed by atoms with van der Waals surface area (Å²) in [7, 11) is 0. The first kappa shape index (κ1) is 10.4. The molecule has 0 aliphatic carbocycles. The molecule has 1 atom stereocenters. The Bertz CT molecular complexity index is 295. The van der Waals surface area contributed by atoms with Crippen molar-refractivity contribution in [3.8, 4) is 0 Å². The van der Waals surface area contributed by atoms with E-state index < -0.39 is 0 Å². The summed E-state index contributed by atoms with van der Waals surface area (Å²) >= 11 is 0. The summed E-state index contributed by atoms with van der Waals surface area (Å²) in [6.45, 7) is 5.34. The van der Waals surface area contributed by atoms with E-state index in [1.807, 2.05) is 0 Å². The number of nitrogens with zero attached hydrogens (tertiary/aromatic N) is 3. The molecule has 0 aliphatic rings. The van der Waals surface area contributed by atoms with Crippen LogP contribution in [0.2, 0.25) is 0 Å². The van der Waals surface area contributed by atoms with E-state index in [9.17, 15) is 4.79 Å². The molecule has 0 aromatic carbocycles. The van der Waals surface area contributed by atoms with Crippen LogP contribution in [0, 0.1) is 0 Å². The SMILES string of the molecule is C=CCCC(=O)NC(C)c1nn[nH]n1. The predicted octanol–water partition coefficient (Wildman–Crippen LogP) is 0.343. The molecule has 76 valence electrons. The number of allylic oxidation sites excluding steroid dienone is 1. The number of carbonyl (C=O) groups is 1. The van der Waals surface area contributed by atoms with Gasteiger partial charge in [0.15, 0.2) is 5.82 Å². The van der Waals surface area contributed by atoms with Crippen molar-refractivity contribution in [1.82, 2.24) is 25.9 Å². The fraction of sp³-hybridized carbons (Fsp3) is 0.500. The standard InChI is InChI=1S/C8H13N5O/c1-3-4-5-7(14)9-6(2)8-10-12-13-11-8/h3,6H,1,4-5H2,2H3,(H,9,14)(H,10,11,12,13). The van der Waals surface area contributed by atoms with Gasteiger partial charge in [-0.2, -0.15) is 5.21 Å². The maximum Gasteiger partial charge on any atom is 0.220 e. The van der Waals surface area contributed by atoms with Gasteiger partial charge in [0, 0.05) is 6.42 Å². The second-order valence-electron chi connectivity index (χ2n) is 2.89. The zero-order valence-corrected chi connectivity index (χ0v) is 8.03. The van der Waals surface area contributed by atoms with E-state index in [1.165, 1.54) is 0 Å². The van der Waals surface area contributed by atoms with E-state index in [-0.39, 0.29) is 11.9 Å². The first-order valence-electron chi connectivity index (χ1n) is 4.37. The second-order valence-corrected chi connectivity index (χ2v) is 2.89. The lowest BCUT2D eigenvalue weighted by Gasteiger charge is -2.08. The molecule has 14 heavy (non-hydrogen) atoms. The van der Waals surface area contributed by atoms with Gasteiger partial charge in [0.05, 0.1) is 6.04 Å². The van der Waals surface area contributed by atoms with Crippen molar-refractivity contribution in [3.63, 3.8) is 0 Å². The van der Waals surface area contributed by atoms with E-state index in [1.54, 1.807) is 13.0 Å². The first-order valence-corrected chi connectivity index (χ1v) is 4.37. The predicted molar refractivity (Wildman–Crippen MR) is 50.2 cm³/mol. The Morgan fingerprint density at radius 2 is 2.57 bits per heavy atom. The molecular formula is C8H13N5O. The molecule has 0 saturated carbocycles.